The number of aliphatic hydroxyl groups excluding tert-OH is 1. The summed E-state index contributed by atoms with van der Waals surface area (Å²) >= 11 is 0. The van der Waals surface area contributed by atoms with Gasteiger partial charge in [0.1, 0.15) is 0 Å². The highest BCUT2D eigenvalue weighted by Gasteiger charge is 2.44. The van der Waals surface area contributed by atoms with Crippen molar-refractivity contribution in [2.75, 3.05) is 59.1 Å². The van der Waals surface area contributed by atoms with Gasteiger partial charge in [-0.25, -0.2) is 19.0 Å². The standard InChI is InChI=1S/C33H65N6O17P3/c34-13-7-1-4-10-31(41)37-19-28(40)16-25(37)22-51-57(45,46)54-29-17-26(38(20-29)32(42)11-5-2-8-14-35)23-52-58(47,48)55-30-18-27(24-53-59(49,50)56-44)39(21-30)33(43)12-6-3-9-15-36/h25-30,40,44H,1-24,34-36H2,(H,45,46)(H,47,48)(H,49,50)/t25-,26-,27-,28+,29+,30+/m0/s1. The molecule has 3 aliphatic heterocycles. The third-order valence-electron chi connectivity index (χ3n) is 10.3. The van der Waals surface area contributed by atoms with E-state index < -0.39 is 79.7 Å². The van der Waals surface area contributed by atoms with Gasteiger partial charge in [0.05, 0.1) is 56.3 Å². The molecule has 3 heterocycles. The smallest absolute Gasteiger partial charge is 0.391 e. The lowest BCUT2D eigenvalue weighted by molar-refractivity contribution is -0.163. The minimum atomic E-state index is -4.91. The lowest BCUT2D eigenvalue weighted by Gasteiger charge is -2.26. The Labute approximate surface area is 344 Å². The van der Waals surface area contributed by atoms with Crippen LogP contribution < -0.4 is 17.2 Å². The van der Waals surface area contributed by atoms with Gasteiger partial charge < -0.3 is 51.7 Å². The van der Waals surface area contributed by atoms with Crippen LogP contribution in [0.15, 0.2) is 0 Å². The predicted octanol–water partition coefficient (Wildman–Crippen LogP) is 1.32. The second-order valence-corrected chi connectivity index (χ2v) is 19.3. The van der Waals surface area contributed by atoms with Crippen LogP contribution in [0.5, 0.6) is 0 Å². The molecule has 23 nitrogen and oxygen atoms in total. The van der Waals surface area contributed by atoms with Gasteiger partial charge in [0.2, 0.25) is 17.7 Å². The first kappa shape index (κ1) is 51.9. The van der Waals surface area contributed by atoms with Gasteiger partial charge in [-0.1, -0.05) is 19.3 Å². The number of rotatable bonds is 29. The Hall–Kier alpha value is -1.46. The summed E-state index contributed by atoms with van der Waals surface area (Å²) in [5.41, 5.74) is 16.6. The van der Waals surface area contributed by atoms with Crippen LogP contribution in [-0.2, 0) is 55.4 Å². The molecule has 3 unspecified atom stereocenters. The third kappa shape index (κ3) is 18.4. The van der Waals surface area contributed by atoms with Gasteiger partial charge in [0, 0.05) is 38.9 Å². The maximum Gasteiger partial charge on any atom is 0.499 e. The molecule has 3 rings (SSSR count). The molecule has 9 atom stereocenters. The number of nitrogens with two attached hydrogens (primary N) is 3. The molecule has 344 valence electrons. The first-order chi connectivity index (χ1) is 27.9. The Morgan fingerprint density at radius 2 is 0.864 bits per heavy atom. The van der Waals surface area contributed by atoms with Crippen molar-refractivity contribution in [1.29, 1.82) is 0 Å². The molecular weight excluding hydrogens is 845 g/mol. The summed E-state index contributed by atoms with van der Waals surface area (Å²) in [6.45, 7) is -0.446. The number of nitrogens with zero attached hydrogens (tertiary/aromatic N) is 3. The first-order valence-corrected chi connectivity index (χ1v) is 24.7. The van der Waals surface area contributed by atoms with Gasteiger partial charge in [-0.15, -0.1) is 4.67 Å². The SMILES string of the molecule is NCCCCCC(=O)N1C[C@H](O)C[C@H]1COP(=O)(O)O[C@@H]1C[C@@H](COP(=O)(O)O[C@@H]2C[C@@H](COP(=O)(O)OO)N(C(=O)CCCCCN)C2)N(C(=O)CCCCCN)C1. The molecule has 11 N–H and O–H groups in total. The number of hydrogen-bond donors (Lipinski definition) is 8. The average molecular weight is 911 g/mol. The molecule has 3 saturated heterocycles. The predicted molar refractivity (Wildman–Crippen MR) is 210 cm³/mol. The number of phosphoric ester groups is 3. The third-order valence-corrected chi connectivity index (χ3v) is 13.1. The van der Waals surface area contributed by atoms with Gasteiger partial charge in [-0.2, -0.15) is 0 Å². The zero-order chi connectivity index (χ0) is 43.6. The molecular formula is C33H65N6O17P3. The van der Waals surface area contributed by atoms with Gasteiger partial charge >= 0.3 is 23.5 Å². The fourth-order valence-corrected chi connectivity index (χ4v) is 9.72. The van der Waals surface area contributed by atoms with E-state index >= 15 is 0 Å². The molecule has 3 aliphatic rings. The monoisotopic (exact) mass is 910 g/mol. The van der Waals surface area contributed by atoms with Crippen molar-refractivity contribution in [2.24, 2.45) is 17.2 Å². The second-order valence-electron chi connectivity index (χ2n) is 15.1. The number of amides is 3. The Kier molecular flexibility index (Phi) is 22.5. The van der Waals surface area contributed by atoms with E-state index in [1.807, 2.05) is 0 Å². The molecule has 0 aliphatic carbocycles. The number of carbonyl (C=O) groups is 3. The van der Waals surface area contributed by atoms with Crippen molar-refractivity contribution in [3.05, 3.63) is 0 Å². The molecule has 0 spiro atoms. The summed E-state index contributed by atoms with van der Waals surface area (Å²) in [5, 5.41) is 18.9. The highest BCUT2D eigenvalue weighted by Crippen LogP contribution is 2.50. The molecule has 0 aromatic rings. The number of hydrogen-bond acceptors (Lipinski definition) is 17. The van der Waals surface area contributed by atoms with E-state index in [4.69, 9.17) is 45.1 Å². The number of phosphoric acid groups is 3. The summed E-state index contributed by atoms with van der Waals surface area (Å²) in [4.78, 5) is 74.2. The van der Waals surface area contributed by atoms with E-state index in [1.165, 1.54) is 14.7 Å². The van der Waals surface area contributed by atoms with Gasteiger partial charge in [0.15, 0.2) is 0 Å². The highest BCUT2D eigenvalue weighted by atomic mass is 31.2. The molecule has 3 amide bonds. The summed E-state index contributed by atoms with van der Waals surface area (Å²) in [7, 11) is -14.5. The first-order valence-electron chi connectivity index (χ1n) is 20.2. The van der Waals surface area contributed by atoms with Crippen LogP contribution in [-0.4, -0.2) is 153 Å². The van der Waals surface area contributed by atoms with E-state index in [0.717, 1.165) is 12.8 Å². The fraction of sp³-hybridized carbons (Fsp3) is 0.909. The quantitative estimate of drug-likeness (QED) is 0.0227. The van der Waals surface area contributed by atoms with Crippen molar-refractivity contribution in [2.45, 2.75) is 133 Å². The Morgan fingerprint density at radius 3 is 1.22 bits per heavy atom. The van der Waals surface area contributed by atoms with Crippen molar-refractivity contribution in [3.63, 3.8) is 0 Å². The minimum Gasteiger partial charge on any atom is -0.391 e. The molecule has 0 aromatic carbocycles. The highest BCUT2D eigenvalue weighted by molar-refractivity contribution is 7.47. The van der Waals surface area contributed by atoms with Gasteiger partial charge in [0.25, 0.3) is 0 Å². The summed E-state index contributed by atoms with van der Waals surface area (Å²) < 4.78 is 67.9. The van der Waals surface area contributed by atoms with E-state index in [-0.39, 0.29) is 75.9 Å². The number of likely N-dealkylation sites (tertiary alicyclic amines) is 3. The van der Waals surface area contributed by atoms with Crippen LogP contribution in [0, 0.1) is 0 Å². The van der Waals surface area contributed by atoms with Crippen LogP contribution in [0.2, 0.25) is 0 Å². The molecule has 26 heteroatoms. The van der Waals surface area contributed by atoms with Crippen LogP contribution in [0.1, 0.15) is 96.3 Å². The Bertz CT molecular complexity index is 1470. The van der Waals surface area contributed by atoms with Gasteiger partial charge in [-0.3, -0.25) is 37.0 Å². The van der Waals surface area contributed by atoms with Crippen molar-refractivity contribution in [1.82, 2.24) is 14.7 Å². The number of carbonyl (C=O) groups excluding carboxylic acids is 3. The van der Waals surface area contributed by atoms with E-state index in [9.17, 15) is 47.9 Å². The van der Waals surface area contributed by atoms with Crippen molar-refractivity contribution in [3.8, 4) is 0 Å². The number of unbranched alkanes of at least 4 members (excludes halogenated alkanes) is 6. The zero-order valence-corrected chi connectivity index (χ0v) is 36.2. The summed E-state index contributed by atoms with van der Waals surface area (Å²) in [6.07, 6.45) is 3.20. The van der Waals surface area contributed by atoms with E-state index in [2.05, 4.69) is 4.67 Å². The van der Waals surface area contributed by atoms with Crippen LogP contribution >= 0.6 is 23.5 Å². The zero-order valence-electron chi connectivity index (χ0n) is 33.5. The maximum absolute atomic E-state index is 13.3. The van der Waals surface area contributed by atoms with Crippen molar-refractivity contribution < 1.29 is 80.4 Å². The second kappa shape index (κ2) is 25.6. The van der Waals surface area contributed by atoms with Crippen LogP contribution in [0.4, 0.5) is 0 Å². The fourth-order valence-electron chi connectivity index (χ4n) is 7.41. The Balaban J connectivity index is 1.63. The van der Waals surface area contributed by atoms with E-state index in [0.29, 0.717) is 64.6 Å². The molecule has 3 fully saturated rings. The topological polar surface area (TPSA) is 347 Å². The van der Waals surface area contributed by atoms with Crippen molar-refractivity contribution >= 4 is 41.2 Å². The summed E-state index contributed by atoms with van der Waals surface area (Å²) in [6, 6.07) is -2.48. The average Bonchev–Trinajstić information content (AvgIpc) is 3.90. The maximum atomic E-state index is 13.3. The Morgan fingerprint density at radius 1 is 0.525 bits per heavy atom. The molecule has 0 saturated carbocycles. The van der Waals surface area contributed by atoms with E-state index in [1.54, 1.807) is 0 Å². The number of β-amino-alcohol motifs (C(OH)–C–C–N with tert-alkyl or cyclic N) is 1. The number of aliphatic hydroxyl groups is 1. The largest absolute Gasteiger partial charge is 0.499 e. The molecule has 59 heavy (non-hydrogen) atoms. The van der Waals surface area contributed by atoms with Crippen LogP contribution in [0.25, 0.3) is 0 Å². The molecule has 0 aromatic heterocycles. The lowest BCUT2D eigenvalue weighted by atomic mass is 10.1. The molecule has 0 bridgehead atoms. The lowest BCUT2D eigenvalue weighted by Crippen LogP contribution is -2.38. The normalized spacial score (nSPS) is 26.5. The summed E-state index contributed by atoms with van der Waals surface area (Å²) in [5.74, 6) is -0.966. The van der Waals surface area contributed by atoms with Gasteiger partial charge in [-0.05, 0) is 77.4 Å². The minimum absolute atomic E-state index is 0.0557. The molecule has 0 radical (unpaired) electrons. The van der Waals surface area contributed by atoms with Crippen LogP contribution in [0.3, 0.4) is 0 Å².